The van der Waals surface area contributed by atoms with Gasteiger partial charge in [-0.3, -0.25) is 0 Å². The van der Waals surface area contributed by atoms with Crippen LogP contribution in [0.1, 0.15) is 12.8 Å². The molecule has 1 aliphatic rings. The van der Waals surface area contributed by atoms with Gasteiger partial charge in [-0.25, -0.2) is 0 Å². The SMILES string of the molecule is CO[Si](C)(CCCN1CCC[Si]1(C)C)OC. The summed E-state index contributed by atoms with van der Waals surface area (Å²) < 4.78 is 13.8. The van der Waals surface area contributed by atoms with Crippen LogP contribution in [0.25, 0.3) is 0 Å². The van der Waals surface area contributed by atoms with E-state index < -0.39 is 16.8 Å². The molecule has 1 saturated heterocycles. The highest BCUT2D eigenvalue weighted by molar-refractivity contribution is 6.75. The minimum absolute atomic E-state index is 1.02. The second kappa shape index (κ2) is 5.77. The number of nitrogens with zero attached hydrogens (tertiary/aromatic N) is 1. The normalized spacial score (nSPS) is 21.6. The molecule has 1 rings (SSSR count). The minimum atomic E-state index is -1.83. The summed E-state index contributed by atoms with van der Waals surface area (Å²) in [4.78, 5) is 0. The van der Waals surface area contributed by atoms with Crippen molar-refractivity contribution in [2.75, 3.05) is 27.3 Å². The van der Waals surface area contributed by atoms with Crippen molar-refractivity contribution in [3.63, 3.8) is 0 Å². The van der Waals surface area contributed by atoms with E-state index in [2.05, 4.69) is 24.2 Å². The second-order valence-electron chi connectivity index (χ2n) is 5.55. The molecule has 0 atom stereocenters. The molecule has 0 unspecified atom stereocenters. The maximum absolute atomic E-state index is 5.51. The highest BCUT2D eigenvalue weighted by Crippen LogP contribution is 2.26. The van der Waals surface area contributed by atoms with Crippen molar-refractivity contribution in [1.82, 2.24) is 4.57 Å². The van der Waals surface area contributed by atoms with Crippen LogP contribution in [0.4, 0.5) is 0 Å². The number of hydrogen-bond acceptors (Lipinski definition) is 3. The van der Waals surface area contributed by atoms with Crippen molar-refractivity contribution in [3.05, 3.63) is 0 Å². The number of hydrogen-bond donors (Lipinski definition) is 0. The standard InChI is InChI=1S/C11H27NO2Si2/c1-13-16(5,14-2)11-7-9-12-8-6-10-15(12,3)4/h6-11H2,1-5H3. The van der Waals surface area contributed by atoms with E-state index in [1.807, 2.05) is 0 Å². The van der Waals surface area contributed by atoms with Gasteiger partial charge in [0.2, 0.25) is 0 Å². The molecule has 0 bridgehead atoms. The minimum Gasteiger partial charge on any atom is -0.398 e. The van der Waals surface area contributed by atoms with Crippen LogP contribution in [0.5, 0.6) is 0 Å². The molecule has 5 heteroatoms. The molecule has 0 aromatic rings. The second-order valence-corrected chi connectivity index (χ2v) is 13.9. The zero-order valence-electron chi connectivity index (χ0n) is 11.5. The monoisotopic (exact) mass is 261 g/mol. The van der Waals surface area contributed by atoms with Crippen LogP contribution in [-0.4, -0.2) is 48.7 Å². The summed E-state index contributed by atoms with van der Waals surface area (Å²) in [6, 6.07) is 2.58. The van der Waals surface area contributed by atoms with Crippen molar-refractivity contribution in [2.45, 2.75) is 44.6 Å². The van der Waals surface area contributed by atoms with E-state index in [0.29, 0.717) is 0 Å². The van der Waals surface area contributed by atoms with Crippen molar-refractivity contribution in [2.24, 2.45) is 0 Å². The fourth-order valence-corrected chi connectivity index (χ4v) is 6.70. The molecule has 1 heterocycles. The highest BCUT2D eigenvalue weighted by Gasteiger charge is 2.35. The lowest BCUT2D eigenvalue weighted by molar-refractivity contribution is 0.247. The molecule has 0 N–H and O–H groups in total. The van der Waals surface area contributed by atoms with E-state index in [4.69, 9.17) is 8.85 Å². The average Bonchev–Trinajstić information content (AvgIpc) is 2.58. The first kappa shape index (κ1) is 14.4. The first-order chi connectivity index (χ1) is 7.43. The Bertz CT molecular complexity index is 220. The van der Waals surface area contributed by atoms with Gasteiger partial charge < -0.3 is 13.4 Å². The number of rotatable bonds is 6. The van der Waals surface area contributed by atoms with Gasteiger partial charge in [0.05, 0.1) is 0 Å². The lowest BCUT2D eigenvalue weighted by atomic mass is 10.4. The van der Waals surface area contributed by atoms with Crippen LogP contribution >= 0.6 is 0 Å². The molecule has 16 heavy (non-hydrogen) atoms. The summed E-state index contributed by atoms with van der Waals surface area (Å²) in [5, 5.41) is 0. The van der Waals surface area contributed by atoms with E-state index >= 15 is 0 Å². The molecule has 3 nitrogen and oxygen atoms in total. The largest absolute Gasteiger partial charge is 0.398 e. The first-order valence-electron chi connectivity index (χ1n) is 6.29. The zero-order chi connectivity index (χ0) is 12.2. The van der Waals surface area contributed by atoms with E-state index in [0.717, 1.165) is 6.04 Å². The summed E-state index contributed by atoms with van der Waals surface area (Å²) in [6.45, 7) is 9.69. The van der Waals surface area contributed by atoms with Gasteiger partial charge in [-0.15, -0.1) is 0 Å². The van der Waals surface area contributed by atoms with E-state index in [-0.39, 0.29) is 0 Å². The first-order valence-corrected chi connectivity index (χ1v) is 12.0. The van der Waals surface area contributed by atoms with Crippen molar-refractivity contribution >= 4 is 16.8 Å². The Labute approximate surface area is 102 Å². The molecule has 96 valence electrons. The average molecular weight is 262 g/mol. The van der Waals surface area contributed by atoms with E-state index in [1.54, 1.807) is 14.2 Å². The fourth-order valence-electron chi connectivity index (χ4n) is 2.46. The van der Waals surface area contributed by atoms with Crippen LogP contribution < -0.4 is 0 Å². The maximum Gasteiger partial charge on any atom is 0.334 e. The molecular weight excluding hydrogens is 234 g/mol. The summed E-state index contributed by atoms with van der Waals surface area (Å²) >= 11 is 0. The van der Waals surface area contributed by atoms with Gasteiger partial charge in [-0.1, -0.05) is 13.1 Å². The molecule has 0 radical (unpaired) electrons. The van der Waals surface area contributed by atoms with Crippen molar-refractivity contribution in [3.8, 4) is 0 Å². The van der Waals surface area contributed by atoms with Gasteiger partial charge in [0.1, 0.15) is 8.24 Å². The molecule has 0 spiro atoms. The van der Waals surface area contributed by atoms with Crippen molar-refractivity contribution in [1.29, 1.82) is 0 Å². The Morgan fingerprint density at radius 2 is 1.88 bits per heavy atom. The summed E-state index contributed by atoms with van der Waals surface area (Å²) in [7, 11) is 0.718. The smallest absolute Gasteiger partial charge is 0.334 e. The lowest BCUT2D eigenvalue weighted by Gasteiger charge is -2.31. The van der Waals surface area contributed by atoms with E-state index in [1.165, 1.54) is 32.0 Å². The van der Waals surface area contributed by atoms with Crippen LogP contribution in [0, 0.1) is 0 Å². The summed E-state index contributed by atoms with van der Waals surface area (Å²) in [6.07, 6.45) is 2.63. The maximum atomic E-state index is 5.51. The van der Waals surface area contributed by atoms with Crippen LogP contribution in [0.2, 0.25) is 31.7 Å². The van der Waals surface area contributed by atoms with Gasteiger partial charge in [-0.2, -0.15) is 0 Å². The third-order valence-electron chi connectivity index (χ3n) is 4.00. The predicted molar refractivity (Wildman–Crippen MR) is 73.5 cm³/mol. The van der Waals surface area contributed by atoms with Crippen LogP contribution in [-0.2, 0) is 8.85 Å². The summed E-state index contributed by atoms with van der Waals surface area (Å²) in [5.74, 6) is 0. The van der Waals surface area contributed by atoms with Gasteiger partial charge in [0.15, 0.2) is 0 Å². The Morgan fingerprint density at radius 1 is 1.25 bits per heavy atom. The topological polar surface area (TPSA) is 21.7 Å². The Balaban J connectivity index is 2.30. The Kier molecular flexibility index (Phi) is 5.19. The molecule has 0 aliphatic carbocycles. The molecule has 0 aromatic heterocycles. The third kappa shape index (κ3) is 3.66. The highest BCUT2D eigenvalue weighted by atomic mass is 28.4. The zero-order valence-corrected chi connectivity index (χ0v) is 13.5. The predicted octanol–water partition coefficient (Wildman–Crippen LogP) is 2.65. The van der Waals surface area contributed by atoms with Crippen molar-refractivity contribution < 1.29 is 8.85 Å². The van der Waals surface area contributed by atoms with Gasteiger partial charge in [-0.05, 0) is 44.6 Å². The van der Waals surface area contributed by atoms with Gasteiger partial charge in [0, 0.05) is 14.2 Å². The van der Waals surface area contributed by atoms with Crippen LogP contribution in [0.15, 0.2) is 0 Å². The molecule has 1 fully saturated rings. The third-order valence-corrected chi connectivity index (χ3v) is 10.7. The molecule has 0 saturated carbocycles. The molecule has 0 amide bonds. The van der Waals surface area contributed by atoms with Gasteiger partial charge in [0.25, 0.3) is 0 Å². The van der Waals surface area contributed by atoms with Crippen LogP contribution in [0.3, 0.4) is 0 Å². The van der Waals surface area contributed by atoms with Gasteiger partial charge >= 0.3 is 8.56 Å². The lowest BCUT2D eigenvalue weighted by Crippen LogP contribution is -2.44. The Morgan fingerprint density at radius 3 is 2.31 bits per heavy atom. The molecular formula is C11H27NO2Si2. The van der Waals surface area contributed by atoms with E-state index in [9.17, 15) is 0 Å². The fraction of sp³-hybridized carbons (Fsp3) is 1.00. The quantitative estimate of drug-likeness (QED) is 0.686. The summed E-state index contributed by atoms with van der Waals surface area (Å²) in [5.41, 5.74) is 0. The molecule has 0 aromatic carbocycles. The molecule has 1 aliphatic heterocycles. The Hall–Kier alpha value is 0.314.